The molecule has 164 valence electrons. The molecule has 0 aliphatic carbocycles. The third-order valence-corrected chi connectivity index (χ3v) is 5.39. The van der Waals surface area contributed by atoms with Crippen LogP contribution >= 0.6 is 11.6 Å². The number of piperazine rings is 1. The zero-order valence-corrected chi connectivity index (χ0v) is 18.6. The molecule has 30 heavy (non-hydrogen) atoms. The molecule has 1 aliphatic rings. The first-order valence-electron chi connectivity index (χ1n) is 10.5. The van der Waals surface area contributed by atoms with Crippen LogP contribution in [0.4, 0.5) is 4.39 Å². The van der Waals surface area contributed by atoms with Crippen LogP contribution < -0.4 is 5.32 Å². The molecule has 1 N–H and O–H groups in total. The molecule has 1 fully saturated rings. The molecule has 9 heteroatoms. The molecule has 0 amide bonds. The molecule has 1 aromatic carbocycles. The topological polar surface area (TPSA) is 69.8 Å². The molecule has 2 aromatic rings. The van der Waals surface area contributed by atoms with Crippen LogP contribution in [0.3, 0.4) is 0 Å². The first kappa shape index (κ1) is 22.5. The number of halogens is 2. The average molecular weight is 437 g/mol. The van der Waals surface area contributed by atoms with Crippen LogP contribution in [0.1, 0.15) is 44.0 Å². The van der Waals surface area contributed by atoms with Crippen molar-refractivity contribution in [3.8, 4) is 0 Å². The summed E-state index contributed by atoms with van der Waals surface area (Å²) in [6, 6.07) is 4.83. The molecule has 7 nitrogen and oxygen atoms in total. The lowest BCUT2D eigenvalue weighted by molar-refractivity contribution is 0.171. The molecule has 1 aromatic heterocycles. The quantitative estimate of drug-likeness (QED) is 0.530. The SMILES string of the molecule is CCNC(=NCCc1nc(C(C)C)no1)N1CCN(Cc2c(F)cccc2Cl)CC1. The predicted molar refractivity (Wildman–Crippen MR) is 116 cm³/mol. The fourth-order valence-electron chi connectivity index (χ4n) is 3.31. The second kappa shape index (κ2) is 10.7. The van der Waals surface area contributed by atoms with Crippen LogP contribution in [0.2, 0.25) is 5.02 Å². The van der Waals surface area contributed by atoms with Crippen LogP contribution in [-0.4, -0.2) is 65.2 Å². The maximum Gasteiger partial charge on any atom is 0.228 e. The van der Waals surface area contributed by atoms with Crippen LogP contribution in [-0.2, 0) is 13.0 Å². The van der Waals surface area contributed by atoms with E-state index in [0.29, 0.717) is 36.0 Å². The number of nitrogens with one attached hydrogen (secondary N) is 1. The zero-order chi connectivity index (χ0) is 21.5. The van der Waals surface area contributed by atoms with Crippen molar-refractivity contribution in [1.29, 1.82) is 0 Å². The van der Waals surface area contributed by atoms with E-state index < -0.39 is 0 Å². The van der Waals surface area contributed by atoms with Crippen LogP contribution in [0.25, 0.3) is 0 Å². The van der Waals surface area contributed by atoms with E-state index in [1.165, 1.54) is 6.07 Å². The molecule has 1 saturated heterocycles. The Morgan fingerprint density at radius 2 is 2.07 bits per heavy atom. The largest absolute Gasteiger partial charge is 0.357 e. The lowest BCUT2D eigenvalue weighted by Gasteiger charge is -2.36. The number of rotatable bonds is 7. The van der Waals surface area contributed by atoms with Gasteiger partial charge in [0.2, 0.25) is 5.89 Å². The van der Waals surface area contributed by atoms with Crippen molar-refractivity contribution in [2.24, 2.45) is 4.99 Å². The minimum absolute atomic E-state index is 0.249. The van der Waals surface area contributed by atoms with Gasteiger partial charge in [0, 0.05) is 62.2 Å². The lowest BCUT2D eigenvalue weighted by atomic mass is 10.2. The second-order valence-electron chi connectivity index (χ2n) is 7.65. The van der Waals surface area contributed by atoms with Gasteiger partial charge in [0.05, 0.1) is 6.54 Å². The van der Waals surface area contributed by atoms with Gasteiger partial charge in [0.25, 0.3) is 0 Å². The van der Waals surface area contributed by atoms with Gasteiger partial charge in [0.15, 0.2) is 11.8 Å². The molecule has 0 saturated carbocycles. The minimum atomic E-state index is -0.249. The molecule has 0 bridgehead atoms. The summed E-state index contributed by atoms with van der Waals surface area (Å²) in [5.74, 6) is 2.22. The number of nitrogens with zero attached hydrogens (tertiary/aromatic N) is 5. The standard InChI is InChI=1S/C21H30ClFN6O/c1-4-24-21(25-9-8-19-26-20(15(2)3)27-30-19)29-12-10-28(11-13-29)14-16-17(22)6-5-7-18(16)23/h5-7,15H,4,8-14H2,1-3H3,(H,24,25). The summed E-state index contributed by atoms with van der Waals surface area (Å²) in [6.45, 7) is 11.3. The van der Waals surface area contributed by atoms with E-state index in [0.717, 1.165) is 44.5 Å². The van der Waals surface area contributed by atoms with E-state index >= 15 is 0 Å². The van der Waals surface area contributed by atoms with Gasteiger partial charge in [-0.2, -0.15) is 4.98 Å². The third kappa shape index (κ3) is 5.92. The Bertz CT molecular complexity index is 828. The summed E-state index contributed by atoms with van der Waals surface area (Å²) < 4.78 is 19.4. The summed E-state index contributed by atoms with van der Waals surface area (Å²) in [4.78, 5) is 13.6. The van der Waals surface area contributed by atoms with Gasteiger partial charge in [-0.15, -0.1) is 0 Å². The van der Waals surface area contributed by atoms with Gasteiger partial charge in [0.1, 0.15) is 5.82 Å². The van der Waals surface area contributed by atoms with Crippen molar-refractivity contribution in [3.05, 3.63) is 46.3 Å². The number of hydrogen-bond acceptors (Lipinski definition) is 5. The highest BCUT2D eigenvalue weighted by Gasteiger charge is 2.21. The molecule has 0 spiro atoms. The summed E-state index contributed by atoms with van der Waals surface area (Å²) in [7, 11) is 0. The van der Waals surface area contributed by atoms with Crippen molar-refractivity contribution >= 4 is 17.6 Å². The van der Waals surface area contributed by atoms with E-state index in [1.54, 1.807) is 12.1 Å². The fourth-order valence-corrected chi connectivity index (χ4v) is 3.53. The number of guanidine groups is 1. The normalized spacial score (nSPS) is 15.8. The van der Waals surface area contributed by atoms with Crippen molar-refractivity contribution in [2.45, 2.75) is 39.7 Å². The molecule has 0 atom stereocenters. The predicted octanol–water partition coefficient (Wildman–Crippen LogP) is 3.31. The summed E-state index contributed by atoms with van der Waals surface area (Å²) in [5, 5.41) is 7.83. The van der Waals surface area contributed by atoms with Crippen molar-refractivity contribution in [2.75, 3.05) is 39.3 Å². The van der Waals surface area contributed by atoms with Gasteiger partial charge in [-0.05, 0) is 19.1 Å². The number of aliphatic imine (C=N–C) groups is 1. The molecule has 3 rings (SSSR count). The smallest absolute Gasteiger partial charge is 0.228 e. The highest BCUT2D eigenvalue weighted by Crippen LogP contribution is 2.21. The molecule has 0 unspecified atom stereocenters. The van der Waals surface area contributed by atoms with E-state index in [4.69, 9.17) is 21.1 Å². The summed E-state index contributed by atoms with van der Waals surface area (Å²) >= 11 is 6.17. The van der Waals surface area contributed by atoms with Crippen LogP contribution in [0.15, 0.2) is 27.7 Å². The number of aromatic nitrogens is 2. The Morgan fingerprint density at radius 3 is 2.70 bits per heavy atom. The first-order valence-corrected chi connectivity index (χ1v) is 10.9. The van der Waals surface area contributed by atoms with E-state index in [1.807, 2.05) is 13.8 Å². The Morgan fingerprint density at radius 1 is 1.30 bits per heavy atom. The summed E-state index contributed by atoms with van der Waals surface area (Å²) in [6.07, 6.45) is 0.611. The minimum Gasteiger partial charge on any atom is -0.357 e. The summed E-state index contributed by atoms with van der Waals surface area (Å²) in [5.41, 5.74) is 0.563. The zero-order valence-electron chi connectivity index (χ0n) is 17.9. The number of hydrogen-bond donors (Lipinski definition) is 1. The lowest BCUT2D eigenvalue weighted by Crippen LogP contribution is -2.52. The average Bonchev–Trinajstić information content (AvgIpc) is 3.20. The maximum atomic E-state index is 14.1. The Kier molecular flexibility index (Phi) is 8.04. The maximum absolute atomic E-state index is 14.1. The van der Waals surface area contributed by atoms with Gasteiger partial charge < -0.3 is 14.7 Å². The fraction of sp³-hybridized carbons (Fsp3) is 0.571. The van der Waals surface area contributed by atoms with Gasteiger partial charge >= 0.3 is 0 Å². The third-order valence-electron chi connectivity index (χ3n) is 5.04. The van der Waals surface area contributed by atoms with E-state index in [2.05, 4.69) is 32.2 Å². The molecular weight excluding hydrogens is 407 g/mol. The molecular formula is C21H30ClFN6O. The Balaban J connectivity index is 1.53. The number of benzene rings is 1. The Labute approximate surface area is 182 Å². The van der Waals surface area contributed by atoms with Crippen molar-refractivity contribution in [3.63, 3.8) is 0 Å². The molecule has 1 aliphatic heterocycles. The molecule has 2 heterocycles. The Hall–Kier alpha value is -2.19. The van der Waals surface area contributed by atoms with Gasteiger partial charge in [-0.25, -0.2) is 4.39 Å². The monoisotopic (exact) mass is 436 g/mol. The van der Waals surface area contributed by atoms with Crippen molar-refractivity contribution < 1.29 is 8.91 Å². The van der Waals surface area contributed by atoms with Crippen LogP contribution in [0, 0.1) is 5.82 Å². The van der Waals surface area contributed by atoms with Crippen molar-refractivity contribution in [1.82, 2.24) is 25.3 Å². The van der Waals surface area contributed by atoms with E-state index in [-0.39, 0.29) is 11.7 Å². The highest BCUT2D eigenvalue weighted by atomic mass is 35.5. The van der Waals surface area contributed by atoms with Gasteiger partial charge in [-0.3, -0.25) is 9.89 Å². The first-order chi connectivity index (χ1) is 14.5. The second-order valence-corrected chi connectivity index (χ2v) is 8.06. The molecule has 0 radical (unpaired) electrons. The van der Waals surface area contributed by atoms with Crippen LogP contribution in [0.5, 0.6) is 0 Å². The van der Waals surface area contributed by atoms with Gasteiger partial charge in [-0.1, -0.05) is 36.7 Å². The highest BCUT2D eigenvalue weighted by molar-refractivity contribution is 6.31. The van der Waals surface area contributed by atoms with E-state index in [9.17, 15) is 4.39 Å².